The van der Waals surface area contributed by atoms with Gasteiger partial charge in [-0.3, -0.25) is 0 Å². The number of allylic oxidation sites excluding steroid dienone is 2. The van der Waals surface area contributed by atoms with Crippen molar-refractivity contribution in [3.05, 3.63) is 92.8 Å². The summed E-state index contributed by atoms with van der Waals surface area (Å²) in [6, 6.07) is 9.69. The summed E-state index contributed by atoms with van der Waals surface area (Å²) in [4.78, 5) is 12.8. The first-order valence-electron chi connectivity index (χ1n) is 8.68. The first-order valence-corrected chi connectivity index (χ1v) is 9.47. The highest BCUT2D eigenvalue weighted by molar-refractivity contribution is 9.11. The number of ether oxygens (including phenoxy) is 1. The van der Waals surface area contributed by atoms with Crippen LogP contribution in [0.15, 0.2) is 64.5 Å². The Balaban J connectivity index is 1.74. The van der Waals surface area contributed by atoms with Crippen molar-refractivity contribution in [2.75, 3.05) is 0 Å². The highest BCUT2D eigenvalue weighted by atomic mass is 79.9. The normalized spacial score (nSPS) is 16.7. The molecule has 1 aliphatic rings. The maximum atomic E-state index is 13.8. The van der Waals surface area contributed by atoms with E-state index in [4.69, 9.17) is 9.84 Å². The Hall–Kier alpha value is -2.71. The molecule has 0 saturated heterocycles. The van der Waals surface area contributed by atoms with Crippen molar-refractivity contribution in [2.45, 2.75) is 26.3 Å². The monoisotopic (exact) mass is 465 g/mol. The standard InChI is InChI=1S/C21H18BrF2NO4/c1-12-7-18(29-11-15-5-6-16(23)9-17(15)24)19(22)20(26)25(12)10-13-3-2-4-14(8-13)21(27)28/h2-9,20,26H,10-11H2,1H3,(H,27,28). The smallest absolute Gasteiger partial charge is 0.335 e. The molecule has 0 amide bonds. The number of halogens is 3. The third-order valence-corrected chi connectivity index (χ3v) is 5.28. The van der Waals surface area contributed by atoms with Gasteiger partial charge in [-0.05, 0) is 52.7 Å². The summed E-state index contributed by atoms with van der Waals surface area (Å²) in [5.41, 5.74) is 1.74. The van der Waals surface area contributed by atoms with Crippen LogP contribution in [0.2, 0.25) is 0 Å². The highest BCUT2D eigenvalue weighted by Gasteiger charge is 2.27. The van der Waals surface area contributed by atoms with Crippen LogP contribution >= 0.6 is 15.9 Å². The molecule has 0 aromatic heterocycles. The zero-order chi connectivity index (χ0) is 21.1. The fourth-order valence-corrected chi connectivity index (χ4v) is 3.39. The molecule has 5 nitrogen and oxygen atoms in total. The number of aliphatic hydroxyl groups excluding tert-OH is 1. The molecule has 0 saturated carbocycles. The van der Waals surface area contributed by atoms with Gasteiger partial charge in [-0.15, -0.1) is 0 Å². The van der Waals surface area contributed by atoms with Crippen molar-refractivity contribution in [1.29, 1.82) is 0 Å². The van der Waals surface area contributed by atoms with Gasteiger partial charge in [-0.1, -0.05) is 12.1 Å². The lowest BCUT2D eigenvalue weighted by molar-refractivity contribution is 0.0498. The predicted octanol–water partition coefficient (Wildman–Crippen LogP) is 4.52. The Morgan fingerprint density at radius 2 is 2.00 bits per heavy atom. The molecule has 1 unspecified atom stereocenters. The van der Waals surface area contributed by atoms with Crippen LogP contribution in [-0.2, 0) is 17.9 Å². The molecule has 29 heavy (non-hydrogen) atoms. The topological polar surface area (TPSA) is 70.0 Å². The summed E-state index contributed by atoms with van der Waals surface area (Å²) in [5, 5.41) is 19.8. The van der Waals surface area contributed by atoms with Crippen LogP contribution in [0, 0.1) is 11.6 Å². The second-order valence-corrected chi connectivity index (χ2v) is 7.38. The number of aliphatic hydroxyl groups is 1. The lowest BCUT2D eigenvalue weighted by atomic mass is 10.1. The van der Waals surface area contributed by atoms with Crippen LogP contribution in [-0.4, -0.2) is 27.3 Å². The van der Waals surface area contributed by atoms with E-state index >= 15 is 0 Å². The Morgan fingerprint density at radius 3 is 2.69 bits per heavy atom. The van der Waals surface area contributed by atoms with Crippen molar-refractivity contribution in [3.8, 4) is 0 Å². The van der Waals surface area contributed by atoms with Crippen molar-refractivity contribution >= 4 is 21.9 Å². The molecule has 0 aliphatic carbocycles. The molecule has 8 heteroatoms. The fourth-order valence-electron chi connectivity index (χ4n) is 2.91. The van der Waals surface area contributed by atoms with Gasteiger partial charge in [0.2, 0.25) is 0 Å². The highest BCUT2D eigenvalue weighted by Crippen LogP contribution is 2.32. The van der Waals surface area contributed by atoms with E-state index in [1.165, 1.54) is 12.1 Å². The number of hydrogen-bond acceptors (Lipinski definition) is 4. The van der Waals surface area contributed by atoms with E-state index < -0.39 is 23.8 Å². The Labute approximate surface area is 174 Å². The fraction of sp³-hybridized carbons (Fsp3) is 0.190. The SMILES string of the molecule is CC1=CC(OCc2ccc(F)cc2F)=C(Br)C(O)N1Cc1cccc(C(=O)O)c1. The maximum Gasteiger partial charge on any atom is 0.335 e. The Bertz CT molecular complexity index is 1010. The van der Waals surface area contributed by atoms with Gasteiger partial charge in [0.25, 0.3) is 0 Å². The molecule has 2 aromatic rings. The number of hydrogen-bond donors (Lipinski definition) is 2. The molecule has 0 spiro atoms. The lowest BCUT2D eigenvalue weighted by Crippen LogP contribution is -2.36. The van der Waals surface area contributed by atoms with Gasteiger partial charge in [0, 0.05) is 29.9 Å². The number of aromatic carboxylic acids is 1. The van der Waals surface area contributed by atoms with Gasteiger partial charge in [0.05, 0.1) is 10.0 Å². The summed E-state index contributed by atoms with van der Waals surface area (Å²) in [5.74, 6) is -2.07. The average Bonchev–Trinajstić information content (AvgIpc) is 2.68. The molecule has 3 rings (SSSR count). The predicted molar refractivity (Wildman–Crippen MR) is 106 cm³/mol. The van der Waals surface area contributed by atoms with Gasteiger partial charge in [-0.2, -0.15) is 0 Å². The zero-order valence-corrected chi connectivity index (χ0v) is 17.0. The van der Waals surface area contributed by atoms with Crippen LogP contribution in [0.25, 0.3) is 0 Å². The molecule has 1 heterocycles. The lowest BCUT2D eigenvalue weighted by Gasteiger charge is -2.34. The zero-order valence-electron chi connectivity index (χ0n) is 15.4. The summed E-state index contributed by atoms with van der Waals surface area (Å²) >= 11 is 3.31. The van der Waals surface area contributed by atoms with Crippen molar-refractivity contribution in [3.63, 3.8) is 0 Å². The number of benzene rings is 2. The van der Waals surface area contributed by atoms with Crippen LogP contribution < -0.4 is 0 Å². The maximum absolute atomic E-state index is 13.8. The summed E-state index contributed by atoms with van der Waals surface area (Å²) in [7, 11) is 0. The van der Waals surface area contributed by atoms with Crippen LogP contribution in [0.3, 0.4) is 0 Å². The second-order valence-electron chi connectivity index (χ2n) is 6.53. The third-order valence-electron chi connectivity index (χ3n) is 4.48. The first-order chi connectivity index (χ1) is 13.8. The number of nitrogens with zero attached hydrogens (tertiary/aromatic N) is 1. The molecule has 2 aromatic carbocycles. The quantitative estimate of drug-likeness (QED) is 0.655. The number of carboxylic acids is 1. The van der Waals surface area contributed by atoms with Crippen LogP contribution in [0.5, 0.6) is 0 Å². The Morgan fingerprint density at radius 1 is 1.24 bits per heavy atom. The first kappa shape index (κ1) is 21.0. The van der Waals surface area contributed by atoms with E-state index in [1.807, 2.05) is 0 Å². The number of carboxylic acid groups (broad SMARTS) is 1. The van der Waals surface area contributed by atoms with E-state index in [1.54, 1.807) is 36.1 Å². The number of rotatable bonds is 6. The van der Waals surface area contributed by atoms with Crippen molar-refractivity contribution in [2.24, 2.45) is 0 Å². The molecule has 0 fully saturated rings. The third kappa shape index (κ3) is 4.83. The molecular formula is C21H18BrF2NO4. The second kappa shape index (κ2) is 8.75. The van der Waals surface area contributed by atoms with E-state index in [-0.39, 0.29) is 24.3 Å². The summed E-state index contributed by atoms with van der Waals surface area (Å²) in [6.07, 6.45) is 0.612. The molecule has 2 N–H and O–H groups in total. The van der Waals surface area contributed by atoms with Crippen molar-refractivity contribution in [1.82, 2.24) is 4.90 Å². The minimum absolute atomic E-state index is 0.131. The molecule has 0 radical (unpaired) electrons. The molecule has 0 bridgehead atoms. The van der Waals surface area contributed by atoms with E-state index in [9.17, 15) is 18.7 Å². The van der Waals surface area contributed by atoms with Gasteiger partial charge in [-0.25, -0.2) is 13.6 Å². The molecule has 152 valence electrons. The minimum Gasteiger partial charge on any atom is -0.488 e. The molecule has 1 aliphatic heterocycles. The van der Waals surface area contributed by atoms with E-state index in [2.05, 4.69) is 15.9 Å². The summed E-state index contributed by atoms with van der Waals surface area (Å²) < 4.78 is 32.8. The molecule has 1 atom stereocenters. The molecular weight excluding hydrogens is 448 g/mol. The van der Waals surface area contributed by atoms with E-state index in [0.29, 0.717) is 15.9 Å². The van der Waals surface area contributed by atoms with Crippen molar-refractivity contribution < 1.29 is 28.5 Å². The van der Waals surface area contributed by atoms with Gasteiger partial charge < -0.3 is 19.8 Å². The Kier molecular flexibility index (Phi) is 6.34. The average molecular weight is 466 g/mol. The van der Waals surface area contributed by atoms with Gasteiger partial charge in [0.15, 0.2) is 6.23 Å². The number of carbonyl (C=O) groups is 1. The van der Waals surface area contributed by atoms with Crippen LogP contribution in [0.1, 0.15) is 28.4 Å². The van der Waals surface area contributed by atoms with Gasteiger partial charge >= 0.3 is 5.97 Å². The largest absolute Gasteiger partial charge is 0.488 e. The minimum atomic E-state index is -1.07. The van der Waals surface area contributed by atoms with Crippen LogP contribution in [0.4, 0.5) is 8.78 Å². The van der Waals surface area contributed by atoms with E-state index in [0.717, 1.165) is 17.7 Å². The van der Waals surface area contributed by atoms with Gasteiger partial charge in [0.1, 0.15) is 24.0 Å². The summed E-state index contributed by atoms with van der Waals surface area (Å²) in [6.45, 7) is 1.92.